The van der Waals surface area contributed by atoms with E-state index in [-0.39, 0.29) is 37.2 Å². The molecule has 270 valence electrons. The summed E-state index contributed by atoms with van der Waals surface area (Å²) in [6.45, 7) is 7.10. The second-order valence-corrected chi connectivity index (χ2v) is 14.9. The number of ether oxygens (including phenoxy) is 1. The van der Waals surface area contributed by atoms with Gasteiger partial charge in [-0.1, -0.05) is 36.4 Å². The van der Waals surface area contributed by atoms with E-state index >= 15 is 0 Å². The van der Waals surface area contributed by atoms with Crippen LogP contribution in [-0.2, 0) is 20.9 Å². The van der Waals surface area contributed by atoms with E-state index < -0.39 is 23.8 Å². The molecule has 4 saturated heterocycles. The first-order valence-electron chi connectivity index (χ1n) is 18.5. The predicted molar refractivity (Wildman–Crippen MR) is 192 cm³/mol. The molecule has 12 nitrogen and oxygen atoms in total. The molecule has 0 aliphatic carbocycles. The highest BCUT2D eigenvalue weighted by Crippen LogP contribution is 2.34. The van der Waals surface area contributed by atoms with Crippen molar-refractivity contribution in [2.75, 3.05) is 50.7 Å². The number of piperazine rings is 1. The molecule has 0 saturated carbocycles. The summed E-state index contributed by atoms with van der Waals surface area (Å²) in [6, 6.07) is 18.5. The summed E-state index contributed by atoms with van der Waals surface area (Å²) in [6.07, 6.45) is 6.27. The topological polar surface area (TPSA) is 132 Å². The monoisotopic (exact) mass is 704 g/mol. The van der Waals surface area contributed by atoms with E-state index in [9.17, 15) is 24.0 Å². The molecular formula is C40H44N6O6. The third-order valence-corrected chi connectivity index (χ3v) is 11.5. The van der Waals surface area contributed by atoms with Crippen molar-refractivity contribution < 1.29 is 28.7 Å². The van der Waals surface area contributed by atoms with E-state index in [1.807, 2.05) is 48.5 Å². The van der Waals surface area contributed by atoms with Crippen molar-refractivity contribution >= 4 is 35.4 Å². The third kappa shape index (κ3) is 6.97. The molecule has 4 amide bonds. The molecule has 52 heavy (non-hydrogen) atoms. The lowest BCUT2D eigenvalue weighted by molar-refractivity contribution is -0.136. The van der Waals surface area contributed by atoms with Crippen molar-refractivity contribution in [3.63, 3.8) is 0 Å². The van der Waals surface area contributed by atoms with Crippen LogP contribution in [0, 0.1) is 5.92 Å². The zero-order chi connectivity index (χ0) is 35.8. The number of aromatic nitrogens is 1. The fraction of sp³-hybridized carbons (Fsp3) is 0.450. The van der Waals surface area contributed by atoms with Crippen LogP contribution < -0.4 is 10.2 Å². The number of carbonyl (C=O) groups is 5. The standard InChI is InChI=1S/C40H44N6O6/c47-36-15-13-34(37(48)42-36)46-38(49)32-12-9-28(19-33(32)39(46)50)30-7-4-16-43(23-30)21-27-8-11-31-24-45(18-17-44(31)22-27)35-14-10-29(20-41-35)40(51)52-25-26-5-2-1-3-6-26/h1-3,5-6,9-10,12,14,19-20,27,30-31,34H,4,7-8,11,13,15-18,21-25H2,(H,42,47,48). The lowest BCUT2D eigenvalue weighted by Crippen LogP contribution is -2.57. The Kier molecular flexibility index (Phi) is 9.59. The Bertz CT molecular complexity index is 1870. The van der Waals surface area contributed by atoms with Crippen LogP contribution in [-0.4, -0.2) is 107 Å². The van der Waals surface area contributed by atoms with Gasteiger partial charge in [-0.25, -0.2) is 9.78 Å². The molecule has 12 heteroatoms. The molecule has 5 aliphatic rings. The largest absolute Gasteiger partial charge is 0.457 e. The van der Waals surface area contributed by atoms with E-state index in [1.165, 1.54) is 6.42 Å². The molecule has 0 spiro atoms. The van der Waals surface area contributed by atoms with Gasteiger partial charge in [0.05, 0.1) is 16.7 Å². The van der Waals surface area contributed by atoms with E-state index in [0.29, 0.717) is 28.7 Å². The molecular weight excluding hydrogens is 660 g/mol. The van der Waals surface area contributed by atoms with Crippen LogP contribution >= 0.6 is 0 Å². The molecule has 5 aliphatic heterocycles. The van der Waals surface area contributed by atoms with Gasteiger partial charge in [-0.2, -0.15) is 0 Å². The lowest BCUT2D eigenvalue weighted by Gasteiger charge is -2.47. The number of carbonyl (C=O) groups excluding carboxylic acids is 5. The summed E-state index contributed by atoms with van der Waals surface area (Å²) >= 11 is 0. The zero-order valence-corrected chi connectivity index (χ0v) is 29.2. The highest BCUT2D eigenvalue weighted by atomic mass is 16.5. The van der Waals surface area contributed by atoms with Crippen LogP contribution in [0.25, 0.3) is 0 Å². The van der Waals surface area contributed by atoms with Gasteiger partial charge in [0, 0.05) is 57.9 Å². The Morgan fingerprint density at radius 2 is 1.69 bits per heavy atom. The zero-order valence-electron chi connectivity index (χ0n) is 29.2. The lowest BCUT2D eigenvalue weighted by atomic mass is 9.87. The number of anilines is 1. The van der Waals surface area contributed by atoms with Crippen LogP contribution in [0.15, 0.2) is 66.9 Å². The number of benzene rings is 2. The number of pyridine rings is 1. The molecule has 6 heterocycles. The maximum atomic E-state index is 13.4. The number of fused-ring (bicyclic) bond motifs is 2. The Morgan fingerprint density at radius 1 is 0.846 bits per heavy atom. The first-order valence-corrected chi connectivity index (χ1v) is 18.5. The first kappa shape index (κ1) is 34.2. The summed E-state index contributed by atoms with van der Waals surface area (Å²) in [5.41, 5.74) is 3.14. The predicted octanol–water partition coefficient (Wildman–Crippen LogP) is 3.62. The van der Waals surface area contributed by atoms with Crippen molar-refractivity contribution in [2.24, 2.45) is 5.92 Å². The summed E-state index contributed by atoms with van der Waals surface area (Å²) < 4.78 is 5.47. The molecule has 2 aromatic carbocycles. The number of hydrogen-bond acceptors (Lipinski definition) is 10. The molecule has 0 bridgehead atoms. The molecule has 8 rings (SSSR count). The second kappa shape index (κ2) is 14.6. The highest BCUT2D eigenvalue weighted by Gasteiger charge is 2.45. The number of piperidine rings is 3. The van der Waals surface area contributed by atoms with Crippen molar-refractivity contribution in [1.29, 1.82) is 0 Å². The fourth-order valence-corrected chi connectivity index (χ4v) is 8.72. The first-order chi connectivity index (χ1) is 25.3. The van der Waals surface area contributed by atoms with Crippen LogP contribution in [0.1, 0.15) is 86.6 Å². The average Bonchev–Trinajstić information content (AvgIpc) is 3.42. The fourth-order valence-electron chi connectivity index (χ4n) is 8.72. The van der Waals surface area contributed by atoms with Gasteiger partial charge in [0.15, 0.2) is 0 Å². The number of esters is 1. The molecule has 3 aromatic rings. The number of rotatable bonds is 8. The number of nitrogens with one attached hydrogen (secondary N) is 1. The summed E-state index contributed by atoms with van der Waals surface area (Å²) in [7, 11) is 0. The quantitative estimate of drug-likeness (QED) is 0.274. The Balaban J connectivity index is 0.827. The Labute approximate surface area is 303 Å². The number of hydrogen-bond donors (Lipinski definition) is 1. The van der Waals surface area contributed by atoms with Gasteiger partial charge in [0.2, 0.25) is 11.8 Å². The maximum Gasteiger partial charge on any atom is 0.340 e. The Hall–Kier alpha value is -4.94. The van der Waals surface area contributed by atoms with Gasteiger partial charge in [-0.3, -0.25) is 34.3 Å². The number of amides is 4. The van der Waals surface area contributed by atoms with Gasteiger partial charge in [-0.05, 0) is 85.9 Å². The minimum absolute atomic E-state index is 0.105. The molecule has 4 unspecified atom stereocenters. The minimum atomic E-state index is -0.956. The molecule has 1 N–H and O–H groups in total. The van der Waals surface area contributed by atoms with E-state index in [0.717, 1.165) is 86.9 Å². The SMILES string of the molecule is O=C1CCC(N2C(=O)c3ccc(C4CCCN(CC5CCC6CN(c7ccc(C(=O)OCc8ccccc8)cn7)CCN6C5)C4)cc3C2=O)C(=O)N1. The van der Waals surface area contributed by atoms with E-state index in [2.05, 4.69) is 25.0 Å². The van der Waals surface area contributed by atoms with Crippen LogP contribution in [0.5, 0.6) is 0 Å². The number of nitrogens with zero attached hydrogens (tertiary/aromatic N) is 5. The van der Waals surface area contributed by atoms with Gasteiger partial charge in [-0.15, -0.1) is 0 Å². The smallest absolute Gasteiger partial charge is 0.340 e. The number of likely N-dealkylation sites (tertiary alicyclic amines) is 1. The average molecular weight is 705 g/mol. The van der Waals surface area contributed by atoms with E-state index in [4.69, 9.17) is 4.74 Å². The normalized spacial score (nSPS) is 25.5. The van der Waals surface area contributed by atoms with Crippen molar-refractivity contribution in [2.45, 2.75) is 63.1 Å². The summed E-state index contributed by atoms with van der Waals surface area (Å²) in [5.74, 6) is -0.521. The molecule has 0 radical (unpaired) electrons. The van der Waals surface area contributed by atoms with E-state index in [1.54, 1.807) is 18.3 Å². The van der Waals surface area contributed by atoms with Crippen LogP contribution in [0.3, 0.4) is 0 Å². The van der Waals surface area contributed by atoms with Gasteiger partial charge in [0.25, 0.3) is 11.8 Å². The summed E-state index contributed by atoms with van der Waals surface area (Å²) in [4.78, 5) is 76.5. The maximum absolute atomic E-state index is 13.4. The highest BCUT2D eigenvalue weighted by molar-refractivity contribution is 6.23. The molecule has 4 atom stereocenters. The molecule has 4 fully saturated rings. The van der Waals surface area contributed by atoms with Crippen molar-refractivity contribution in [1.82, 2.24) is 25.0 Å². The van der Waals surface area contributed by atoms with Crippen molar-refractivity contribution in [3.05, 3.63) is 94.7 Å². The third-order valence-electron chi connectivity index (χ3n) is 11.5. The van der Waals surface area contributed by atoms with Crippen molar-refractivity contribution in [3.8, 4) is 0 Å². The molecule has 1 aromatic heterocycles. The number of imide groups is 2. The van der Waals surface area contributed by atoms with Gasteiger partial charge < -0.3 is 14.5 Å². The van der Waals surface area contributed by atoms with Gasteiger partial charge in [0.1, 0.15) is 18.5 Å². The summed E-state index contributed by atoms with van der Waals surface area (Å²) in [5, 5.41) is 2.26. The minimum Gasteiger partial charge on any atom is -0.457 e. The van der Waals surface area contributed by atoms with Gasteiger partial charge >= 0.3 is 5.97 Å². The van der Waals surface area contributed by atoms with Crippen LogP contribution in [0.2, 0.25) is 0 Å². The second-order valence-electron chi connectivity index (χ2n) is 14.9. The van der Waals surface area contributed by atoms with Crippen LogP contribution in [0.4, 0.5) is 5.82 Å². The Morgan fingerprint density at radius 3 is 2.50 bits per heavy atom.